The van der Waals surface area contributed by atoms with Crippen molar-refractivity contribution in [1.29, 1.82) is 0 Å². The molecule has 10 nitrogen and oxygen atoms in total. The van der Waals surface area contributed by atoms with Gasteiger partial charge in [-0.1, -0.05) is 13.8 Å². The molecule has 0 amide bonds. The molecule has 0 N–H and O–H groups in total. The molecular weight excluding hydrogens is 400 g/mol. The summed E-state index contributed by atoms with van der Waals surface area (Å²) < 4.78 is 21.8. The highest BCUT2D eigenvalue weighted by atomic mass is 16.5. The van der Waals surface area contributed by atoms with Crippen LogP contribution in [0.5, 0.6) is 0 Å². The number of rotatable bonds is 7. The Bertz CT molecular complexity index is 367. The summed E-state index contributed by atoms with van der Waals surface area (Å²) in [5.74, 6) is -0.391. The van der Waals surface area contributed by atoms with Gasteiger partial charge in [0.15, 0.2) is 11.6 Å². The first kappa shape index (κ1) is 38.3. The van der Waals surface area contributed by atoms with E-state index in [4.69, 9.17) is 0 Å². The molecule has 0 unspecified atom stereocenters. The average Bonchev–Trinajstić information content (AvgIpc) is 2.68. The molecule has 0 spiro atoms. The van der Waals surface area contributed by atoms with Gasteiger partial charge in [0, 0.05) is 34.0 Å². The van der Waals surface area contributed by atoms with Crippen molar-refractivity contribution in [1.82, 2.24) is 0 Å². The van der Waals surface area contributed by atoms with Gasteiger partial charge in [0.2, 0.25) is 0 Å². The molecule has 0 saturated heterocycles. The van der Waals surface area contributed by atoms with Crippen LogP contribution >= 0.6 is 0 Å². The summed E-state index contributed by atoms with van der Waals surface area (Å²) in [6.07, 6.45) is 0.938. The summed E-state index contributed by atoms with van der Waals surface area (Å²) in [5.41, 5.74) is 0. The number of hydrogen-bond acceptors (Lipinski definition) is 10. The Hall–Kier alpha value is -2.33. The van der Waals surface area contributed by atoms with Gasteiger partial charge < -0.3 is 23.7 Å². The van der Waals surface area contributed by atoms with E-state index in [2.05, 4.69) is 23.7 Å². The van der Waals surface area contributed by atoms with Gasteiger partial charge in [-0.3, -0.25) is 24.0 Å². The van der Waals surface area contributed by atoms with Crippen LogP contribution in [0.25, 0.3) is 0 Å². The smallest absolute Gasteiger partial charge is 0.305 e. The van der Waals surface area contributed by atoms with Crippen LogP contribution in [0.4, 0.5) is 0 Å². The summed E-state index contributed by atoms with van der Waals surface area (Å²) in [7, 11) is 5.76. The fraction of sp³-hybridized carbons (Fsp3) is 0.750. The molecule has 0 rings (SSSR count). The number of hydrogen-bond donors (Lipinski definition) is 0. The summed E-state index contributed by atoms with van der Waals surface area (Å²) in [5, 5.41) is 0. The van der Waals surface area contributed by atoms with Crippen LogP contribution in [0.3, 0.4) is 0 Å². The number of ether oxygens (including phenoxy) is 5. The van der Waals surface area contributed by atoms with Crippen LogP contribution in [-0.2, 0) is 47.7 Å². The van der Waals surface area contributed by atoms with Crippen molar-refractivity contribution in [2.45, 2.75) is 54.4 Å². The fourth-order valence-electron chi connectivity index (χ4n) is 0.898. The number of ketones is 2. The third-order valence-corrected chi connectivity index (χ3v) is 2.08. The number of carbonyl (C=O) groups is 5. The van der Waals surface area contributed by atoms with Gasteiger partial charge in [0.05, 0.1) is 20.8 Å². The standard InChI is InChI=1S/5C4H8O2/c2*1-4(5)3-6-2;2*1-3-4(5)6-2;1-3-6-4(2)5/h5*3H2,1-2H3. The predicted octanol–water partition coefficient (Wildman–Crippen LogP) is 2.15. The monoisotopic (exact) mass is 440 g/mol. The summed E-state index contributed by atoms with van der Waals surface area (Å²) in [6.45, 7) is 10.6. The van der Waals surface area contributed by atoms with E-state index in [9.17, 15) is 24.0 Å². The first-order chi connectivity index (χ1) is 13.9. The lowest BCUT2D eigenvalue weighted by Crippen LogP contribution is -1.98. The third-order valence-electron chi connectivity index (χ3n) is 2.08. The van der Waals surface area contributed by atoms with Crippen molar-refractivity contribution in [3.8, 4) is 0 Å². The molecule has 0 saturated carbocycles. The van der Waals surface area contributed by atoms with Crippen LogP contribution in [0.1, 0.15) is 54.4 Å². The molecule has 0 heterocycles. The van der Waals surface area contributed by atoms with E-state index in [1.54, 1.807) is 20.8 Å². The van der Waals surface area contributed by atoms with Crippen LogP contribution in [0.15, 0.2) is 0 Å². The quantitative estimate of drug-likeness (QED) is 0.428. The van der Waals surface area contributed by atoms with Crippen molar-refractivity contribution < 1.29 is 47.7 Å². The van der Waals surface area contributed by atoms with Crippen LogP contribution in [-0.4, -0.2) is 77.7 Å². The molecule has 0 aliphatic carbocycles. The van der Waals surface area contributed by atoms with Crippen molar-refractivity contribution in [3.05, 3.63) is 0 Å². The average molecular weight is 441 g/mol. The first-order valence-electron chi connectivity index (χ1n) is 9.17. The van der Waals surface area contributed by atoms with E-state index in [0.29, 0.717) is 19.4 Å². The van der Waals surface area contributed by atoms with Crippen LogP contribution in [0.2, 0.25) is 0 Å². The Labute approximate surface area is 180 Å². The molecule has 0 aromatic rings. The summed E-state index contributed by atoms with van der Waals surface area (Å²) >= 11 is 0. The Kier molecular flexibility index (Phi) is 43.7. The minimum absolute atomic E-state index is 0.0671. The highest BCUT2D eigenvalue weighted by molar-refractivity contribution is 5.76. The van der Waals surface area contributed by atoms with Crippen molar-refractivity contribution in [3.63, 3.8) is 0 Å². The molecule has 0 aliphatic rings. The molecular formula is C20H40O10. The molecule has 0 aromatic carbocycles. The zero-order chi connectivity index (χ0) is 25.0. The van der Waals surface area contributed by atoms with E-state index in [-0.39, 0.29) is 42.7 Å². The Morgan fingerprint density at radius 2 is 0.900 bits per heavy atom. The van der Waals surface area contributed by atoms with Gasteiger partial charge in [0.1, 0.15) is 13.2 Å². The first-order valence-corrected chi connectivity index (χ1v) is 9.17. The normalized spacial score (nSPS) is 7.93. The lowest BCUT2D eigenvalue weighted by atomic mass is 10.5. The second kappa shape index (κ2) is 34.2. The maximum absolute atomic E-state index is 9.96. The predicted molar refractivity (Wildman–Crippen MR) is 112 cm³/mol. The maximum Gasteiger partial charge on any atom is 0.305 e. The van der Waals surface area contributed by atoms with E-state index in [1.807, 2.05) is 0 Å². The highest BCUT2D eigenvalue weighted by Crippen LogP contribution is 1.76. The van der Waals surface area contributed by atoms with Crippen LogP contribution < -0.4 is 0 Å². The topological polar surface area (TPSA) is 132 Å². The summed E-state index contributed by atoms with van der Waals surface area (Å²) in [4.78, 5) is 49.6. The van der Waals surface area contributed by atoms with E-state index < -0.39 is 0 Å². The lowest BCUT2D eigenvalue weighted by Gasteiger charge is -1.89. The van der Waals surface area contributed by atoms with Gasteiger partial charge in [0.25, 0.3) is 0 Å². The molecule has 0 fully saturated rings. The van der Waals surface area contributed by atoms with Gasteiger partial charge in [-0.2, -0.15) is 0 Å². The molecule has 0 bridgehead atoms. The molecule has 0 atom stereocenters. The number of carbonyl (C=O) groups excluding carboxylic acids is 5. The molecule has 0 aliphatic heterocycles. The zero-order valence-corrected chi connectivity index (χ0v) is 20.1. The van der Waals surface area contributed by atoms with E-state index >= 15 is 0 Å². The molecule has 30 heavy (non-hydrogen) atoms. The number of methoxy groups -OCH3 is 4. The largest absolute Gasteiger partial charge is 0.469 e. The zero-order valence-electron chi connectivity index (χ0n) is 20.1. The minimum Gasteiger partial charge on any atom is -0.469 e. The Balaban J connectivity index is -0.0000000868. The van der Waals surface area contributed by atoms with Crippen LogP contribution in [0, 0.1) is 0 Å². The molecule has 0 radical (unpaired) electrons. The van der Waals surface area contributed by atoms with Crippen molar-refractivity contribution in [2.75, 3.05) is 48.3 Å². The van der Waals surface area contributed by atoms with E-state index in [0.717, 1.165) is 0 Å². The molecule has 0 aromatic heterocycles. The highest BCUT2D eigenvalue weighted by Gasteiger charge is 1.88. The SMILES string of the molecule is CCC(=O)OC.CCC(=O)OC.CCOC(C)=O.COCC(C)=O.COCC(C)=O. The third kappa shape index (κ3) is 72.6. The minimum atomic E-state index is -0.211. The van der Waals surface area contributed by atoms with E-state index in [1.165, 1.54) is 49.2 Å². The van der Waals surface area contributed by atoms with Gasteiger partial charge in [-0.25, -0.2) is 0 Å². The van der Waals surface area contributed by atoms with Crippen molar-refractivity contribution in [2.24, 2.45) is 0 Å². The second-order valence-corrected chi connectivity index (χ2v) is 5.05. The summed E-state index contributed by atoms with van der Waals surface area (Å²) in [6, 6.07) is 0. The Morgan fingerprint density at radius 1 is 0.600 bits per heavy atom. The Morgan fingerprint density at radius 3 is 0.900 bits per heavy atom. The molecule has 180 valence electrons. The number of esters is 3. The lowest BCUT2D eigenvalue weighted by molar-refractivity contribution is -0.141. The van der Waals surface area contributed by atoms with Gasteiger partial charge >= 0.3 is 17.9 Å². The van der Waals surface area contributed by atoms with Crippen molar-refractivity contribution >= 4 is 29.5 Å². The van der Waals surface area contributed by atoms with Gasteiger partial charge in [-0.05, 0) is 20.8 Å². The second-order valence-electron chi connectivity index (χ2n) is 5.05. The molecule has 10 heteroatoms. The fourth-order valence-corrected chi connectivity index (χ4v) is 0.898. The van der Waals surface area contributed by atoms with Gasteiger partial charge in [-0.15, -0.1) is 0 Å². The number of Topliss-reactive ketones (excluding diaryl/α,β-unsaturated/α-hetero) is 2. The maximum atomic E-state index is 9.96.